The summed E-state index contributed by atoms with van der Waals surface area (Å²) in [5.41, 5.74) is 4.39. The lowest BCUT2D eigenvalue weighted by Gasteiger charge is -2.50. The number of nitrogens with zero attached hydrogens (tertiary/aromatic N) is 3. The van der Waals surface area contributed by atoms with E-state index in [0.717, 1.165) is 54.4 Å². The third-order valence-electron chi connectivity index (χ3n) is 6.11. The molecule has 3 aliphatic rings. The molecule has 1 saturated heterocycles. The zero-order valence-electron chi connectivity index (χ0n) is 15.8. The van der Waals surface area contributed by atoms with E-state index in [0.29, 0.717) is 0 Å². The molecule has 3 heterocycles. The first-order valence-electron chi connectivity index (χ1n) is 9.65. The van der Waals surface area contributed by atoms with Gasteiger partial charge in [0, 0.05) is 42.9 Å². The predicted octanol–water partition coefficient (Wildman–Crippen LogP) is 4.61. The molecule has 2 aromatic carbocycles. The molecule has 2 aromatic rings. The second-order valence-corrected chi connectivity index (χ2v) is 8.45. The van der Waals surface area contributed by atoms with Crippen LogP contribution in [0.5, 0.6) is 5.75 Å². The fraction of sp³-hybridized carbons (Fsp3) is 0.409. The minimum absolute atomic E-state index is 0.187. The molecule has 3 aliphatic heterocycles. The number of hydrogen-bond acceptors (Lipinski definition) is 4. The first kappa shape index (κ1) is 17.1. The summed E-state index contributed by atoms with van der Waals surface area (Å²) in [6.45, 7) is 4.15. The summed E-state index contributed by atoms with van der Waals surface area (Å²) in [6.07, 6.45) is 2.79. The van der Waals surface area contributed by atoms with E-state index in [-0.39, 0.29) is 11.8 Å². The van der Waals surface area contributed by atoms with Crippen LogP contribution in [0.25, 0.3) is 0 Å². The number of aryl methyl sites for hydroxylation is 1. The number of rotatable bonds is 1. The van der Waals surface area contributed by atoms with Crippen molar-refractivity contribution in [2.24, 2.45) is 5.10 Å². The van der Waals surface area contributed by atoms with Gasteiger partial charge in [0.2, 0.25) is 5.72 Å². The van der Waals surface area contributed by atoms with Crippen LogP contribution in [0.2, 0.25) is 5.02 Å². The topological polar surface area (TPSA) is 28.1 Å². The Morgan fingerprint density at radius 1 is 1.11 bits per heavy atom. The van der Waals surface area contributed by atoms with Crippen LogP contribution in [0.3, 0.4) is 0 Å². The zero-order chi connectivity index (χ0) is 18.6. The maximum absolute atomic E-state index is 6.61. The Morgan fingerprint density at radius 3 is 2.59 bits per heavy atom. The van der Waals surface area contributed by atoms with Gasteiger partial charge in [0.05, 0.1) is 11.8 Å². The molecule has 140 valence electrons. The Kier molecular flexibility index (Phi) is 3.95. The van der Waals surface area contributed by atoms with E-state index in [9.17, 15) is 0 Å². The lowest BCUT2D eigenvalue weighted by molar-refractivity contribution is -0.147. The predicted molar refractivity (Wildman–Crippen MR) is 108 cm³/mol. The molecular weight excluding hydrogens is 358 g/mol. The van der Waals surface area contributed by atoms with Gasteiger partial charge >= 0.3 is 0 Å². The van der Waals surface area contributed by atoms with Crippen LogP contribution in [-0.4, -0.2) is 41.5 Å². The molecule has 5 heteroatoms. The van der Waals surface area contributed by atoms with Gasteiger partial charge in [0.1, 0.15) is 5.75 Å². The molecule has 5 rings (SSSR count). The van der Waals surface area contributed by atoms with Gasteiger partial charge in [-0.25, -0.2) is 5.01 Å². The fourth-order valence-corrected chi connectivity index (χ4v) is 4.65. The van der Waals surface area contributed by atoms with E-state index in [2.05, 4.69) is 48.1 Å². The van der Waals surface area contributed by atoms with Crippen LogP contribution < -0.4 is 4.74 Å². The van der Waals surface area contributed by atoms with Crippen LogP contribution in [0, 0.1) is 6.92 Å². The third kappa shape index (κ3) is 2.82. The van der Waals surface area contributed by atoms with Crippen LogP contribution in [0.15, 0.2) is 47.6 Å². The van der Waals surface area contributed by atoms with Gasteiger partial charge in [-0.15, -0.1) is 0 Å². The Morgan fingerprint density at radius 2 is 1.85 bits per heavy atom. The van der Waals surface area contributed by atoms with Gasteiger partial charge in [-0.05, 0) is 37.7 Å². The molecule has 1 atom stereocenters. The van der Waals surface area contributed by atoms with Crippen molar-refractivity contribution in [2.75, 3.05) is 20.1 Å². The summed E-state index contributed by atoms with van der Waals surface area (Å²) in [5, 5.41) is 8.10. The molecule has 0 amide bonds. The summed E-state index contributed by atoms with van der Waals surface area (Å²) >= 11 is 6.32. The Hall–Kier alpha value is -2.04. The average Bonchev–Trinajstić information content (AvgIpc) is 3.12. The largest absolute Gasteiger partial charge is 0.466 e. The summed E-state index contributed by atoms with van der Waals surface area (Å²) < 4.78 is 6.61. The minimum atomic E-state index is -0.357. The normalized spacial score (nSPS) is 23.6. The Labute approximate surface area is 165 Å². The molecule has 0 aromatic heterocycles. The standard InChI is InChI=1S/C22H24ClN3O/c1-15-3-5-16(6-4-15)19-14-20-18-13-17(23)7-8-21(18)27-22(26(20)24-19)9-11-25(2)12-10-22/h3-8,13,20H,9-12,14H2,1-2H3/t20-/m1/s1. The first-order valence-corrected chi connectivity index (χ1v) is 10.0. The summed E-state index contributed by atoms with van der Waals surface area (Å²) in [6, 6.07) is 14.8. The van der Waals surface area contributed by atoms with E-state index in [4.69, 9.17) is 21.4 Å². The number of halogens is 1. The number of hydrazone groups is 1. The summed E-state index contributed by atoms with van der Waals surface area (Å²) in [7, 11) is 2.17. The Balaban J connectivity index is 1.58. The smallest absolute Gasteiger partial charge is 0.200 e. The SMILES string of the molecule is Cc1ccc(C2=NN3[C@H](C2)c2cc(Cl)ccc2OC32CCN(C)CC2)cc1. The minimum Gasteiger partial charge on any atom is -0.466 e. The number of fused-ring (bicyclic) bond motifs is 4. The lowest BCUT2D eigenvalue weighted by Crippen LogP contribution is -2.58. The number of piperidine rings is 1. The second-order valence-electron chi connectivity index (χ2n) is 8.01. The molecule has 1 fully saturated rings. The van der Waals surface area contributed by atoms with E-state index in [1.807, 2.05) is 18.2 Å². The quantitative estimate of drug-likeness (QED) is 0.721. The van der Waals surface area contributed by atoms with E-state index < -0.39 is 0 Å². The molecule has 0 bridgehead atoms. The van der Waals surface area contributed by atoms with Gasteiger partial charge in [-0.2, -0.15) is 5.10 Å². The molecule has 0 unspecified atom stereocenters. The second kappa shape index (κ2) is 6.25. The van der Waals surface area contributed by atoms with Crippen LogP contribution in [0.4, 0.5) is 0 Å². The van der Waals surface area contributed by atoms with Crippen molar-refractivity contribution in [3.63, 3.8) is 0 Å². The first-order chi connectivity index (χ1) is 13.0. The maximum atomic E-state index is 6.61. The van der Waals surface area contributed by atoms with Crippen molar-refractivity contribution in [3.05, 3.63) is 64.2 Å². The molecule has 0 aliphatic carbocycles. The highest BCUT2D eigenvalue weighted by atomic mass is 35.5. The molecule has 0 N–H and O–H groups in total. The van der Waals surface area contributed by atoms with Crippen LogP contribution in [0.1, 0.15) is 42.0 Å². The molecular formula is C22H24ClN3O. The van der Waals surface area contributed by atoms with E-state index in [1.54, 1.807) is 0 Å². The Bertz CT molecular complexity index is 900. The summed E-state index contributed by atoms with van der Waals surface area (Å²) in [4.78, 5) is 2.36. The average molecular weight is 382 g/mol. The molecule has 4 nitrogen and oxygen atoms in total. The third-order valence-corrected chi connectivity index (χ3v) is 6.35. The van der Waals surface area contributed by atoms with Gasteiger partial charge in [-0.1, -0.05) is 41.4 Å². The molecule has 0 radical (unpaired) electrons. The molecule has 1 spiro atoms. The van der Waals surface area contributed by atoms with Crippen molar-refractivity contribution in [1.29, 1.82) is 0 Å². The van der Waals surface area contributed by atoms with Crippen molar-refractivity contribution < 1.29 is 4.74 Å². The van der Waals surface area contributed by atoms with Gasteiger partial charge in [-0.3, -0.25) is 0 Å². The number of hydrogen-bond donors (Lipinski definition) is 0. The summed E-state index contributed by atoms with van der Waals surface area (Å²) in [5.74, 6) is 0.963. The highest BCUT2D eigenvalue weighted by Gasteiger charge is 2.51. The van der Waals surface area contributed by atoms with Gasteiger partial charge < -0.3 is 9.64 Å². The zero-order valence-corrected chi connectivity index (χ0v) is 16.5. The van der Waals surface area contributed by atoms with Crippen LogP contribution in [-0.2, 0) is 0 Å². The monoisotopic (exact) mass is 381 g/mol. The highest BCUT2D eigenvalue weighted by Crippen LogP contribution is 2.50. The van der Waals surface area contributed by atoms with Crippen molar-refractivity contribution in [3.8, 4) is 5.75 Å². The van der Waals surface area contributed by atoms with Crippen molar-refractivity contribution >= 4 is 17.3 Å². The van der Waals surface area contributed by atoms with Gasteiger partial charge in [0.25, 0.3) is 0 Å². The fourth-order valence-electron chi connectivity index (χ4n) is 4.47. The number of likely N-dealkylation sites (tertiary alicyclic amines) is 1. The van der Waals surface area contributed by atoms with Crippen LogP contribution >= 0.6 is 11.6 Å². The van der Waals surface area contributed by atoms with E-state index >= 15 is 0 Å². The molecule has 27 heavy (non-hydrogen) atoms. The van der Waals surface area contributed by atoms with E-state index in [1.165, 1.54) is 11.1 Å². The molecule has 0 saturated carbocycles. The van der Waals surface area contributed by atoms with Crippen molar-refractivity contribution in [2.45, 2.75) is 38.0 Å². The number of ether oxygens (including phenoxy) is 1. The van der Waals surface area contributed by atoms with Gasteiger partial charge in [0.15, 0.2) is 0 Å². The highest BCUT2D eigenvalue weighted by molar-refractivity contribution is 6.30. The maximum Gasteiger partial charge on any atom is 0.200 e. The van der Waals surface area contributed by atoms with Crippen molar-refractivity contribution in [1.82, 2.24) is 9.91 Å². The number of benzene rings is 2. The lowest BCUT2D eigenvalue weighted by atomic mass is 9.91.